The van der Waals surface area contributed by atoms with Crippen LogP contribution in [0.15, 0.2) is 36.4 Å². The van der Waals surface area contributed by atoms with E-state index in [2.05, 4.69) is 36.4 Å². The predicted octanol–water partition coefficient (Wildman–Crippen LogP) is 3.66. The molecule has 1 nitrogen and oxygen atoms in total. The van der Waals surface area contributed by atoms with E-state index in [1.807, 2.05) is 7.11 Å². The molecule has 15 heavy (non-hydrogen) atoms. The van der Waals surface area contributed by atoms with Gasteiger partial charge in [0.15, 0.2) is 0 Å². The molecule has 0 radical (unpaired) electrons. The lowest BCUT2D eigenvalue weighted by Crippen LogP contribution is -2.09. The molecule has 1 aliphatic rings. The van der Waals surface area contributed by atoms with Gasteiger partial charge in [-0.3, -0.25) is 0 Å². The van der Waals surface area contributed by atoms with Gasteiger partial charge in [-0.15, -0.1) is 0 Å². The molecule has 0 spiro atoms. The normalized spacial score (nSPS) is 21.9. The first kappa shape index (κ1) is 10.4. The van der Waals surface area contributed by atoms with Gasteiger partial charge in [-0.05, 0) is 36.8 Å². The van der Waals surface area contributed by atoms with Crippen molar-refractivity contribution in [1.29, 1.82) is 0 Å². The fraction of sp³-hybridized carbons (Fsp3) is 0.429. The Morgan fingerprint density at radius 3 is 2.73 bits per heavy atom. The van der Waals surface area contributed by atoms with Gasteiger partial charge in [-0.1, -0.05) is 36.4 Å². The highest BCUT2D eigenvalue weighted by Gasteiger charge is 2.14. The van der Waals surface area contributed by atoms with Gasteiger partial charge in [-0.25, -0.2) is 0 Å². The molecule has 0 saturated carbocycles. The van der Waals surface area contributed by atoms with Crippen LogP contribution >= 0.6 is 0 Å². The fourth-order valence-corrected chi connectivity index (χ4v) is 2.14. The molecule has 0 N–H and O–H groups in total. The second-order valence-corrected chi connectivity index (χ2v) is 4.09. The van der Waals surface area contributed by atoms with Crippen LogP contribution in [0.4, 0.5) is 0 Å². The second-order valence-electron chi connectivity index (χ2n) is 4.09. The Morgan fingerprint density at radius 1 is 1.20 bits per heavy atom. The Balaban J connectivity index is 2.17. The van der Waals surface area contributed by atoms with Crippen LogP contribution in [0.1, 0.15) is 31.2 Å². The third-order valence-electron chi connectivity index (χ3n) is 3.05. The molecule has 1 aromatic rings. The van der Waals surface area contributed by atoms with Gasteiger partial charge in [-0.2, -0.15) is 0 Å². The zero-order valence-electron chi connectivity index (χ0n) is 9.28. The van der Waals surface area contributed by atoms with Gasteiger partial charge in [0.1, 0.15) is 0 Å². The van der Waals surface area contributed by atoms with Crippen LogP contribution < -0.4 is 0 Å². The van der Waals surface area contributed by atoms with Gasteiger partial charge in [0.2, 0.25) is 0 Å². The molecule has 0 saturated heterocycles. The van der Waals surface area contributed by atoms with Gasteiger partial charge in [0.05, 0.1) is 6.10 Å². The van der Waals surface area contributed by atoms with E-state index in [1.165, 1.54) is 30.4 Å². The van der Waals surface area contributed by atoms with E-state index >= 15 is 0 Å². The molecule has 1 atom stereocenters. The molecule has 0 amide bonds. The summed E-state index contributed by atoms with van der Waals surface area (Å²) in [6.07, 6.45) is 7.44. The maximum Gasteiger partial charge on any atom is 0.0611 e. The number of allylic oxidation sites excluding steroid dienone is 1. The molecule has 1 unspecified atom stereocenters. The Hall–Kier alpha value is -1.08. The van der Waals surface area contributed by atoms with E-state index in [0.29, 0.717) is 6.10 Å². The van der Waals surface area contributed by atoms with E-state index in [9.17, 15) is 0 Å². The van der Waals surface area contributed by atoms with E-state index in [0.717, 1.165) is 6.42 Å². The summed E-state index contributed by atoms with van der Waals surface area (Å²) >= 11 is 0. The average molecular weight is 202 g/mol. The molecule has 0 heterocycles. The standard InChI is InChI=1S/C14H18O/c1-15-14-10-6-5-9-13(11-14)12-7-3-2-4-8-12/h2-4,7-9,14H,5-6,10-11H2,1H3. The quantitative estimate of drug-likeness (QED) is 0.711. The minimum absolute atomic E-state index is 0.402. The number of hydrogen-bond donors (Lipinski definition) is 0. The first-order valence-electron chi connectivity index (χ1n) is 5.67. The van der Waals surface area contributed by atoms with Crippen LogP contribution in [0.25, 0.3) is 5.57 Å². The van der Waals surface area contributed by atoms with Crippen molar-refractivity contribution in [3.05, 3.63) is 42.0 Å². The minimum atomic E-state index is 0.402. The Labute approximate surface area is 91.8 Å². The monoisotopic (exact) mass is 202 g/mol. The van der Waals surface area contributed by atoms with Crippen molar-refractivity contribution in [2.45, 2.75) is 31.8 Å². The number of rotatable bonds is 2. The van der Waals surface area contributed by atoms with Crippen LogP contribution in [-0.4, -0.2) is 13.2 Å². The summed E-state index contributed by atoms with van der Waals surface area (Å²) in [6, 6.07) is 10.6. The fourth-order valence-electron chi connectivity index (χ4n) is 2.14. The summed E-state index contributed by atoms with van der Waals surface area (Å²) in [4.78, 5) is 0. The van der Waals surface area contributed by atoms with E-state index in [1.54, 1.807) is 0 Å². The summed E-state index contributed by atoms with van der Waals surface area (Å²) in [5.74, 6) is 0. The molecular weight excluding hydrogens is 184 g/mol. The number of ether oxygens (including phenoxy) is 1. The lowest BCUT2D eigenvalue weighted by atomic mass is 10.0. The highest BCUT2D eigenvalue weighted by Crippen LogP contribution is 2.27. The molecule has 0 fully saturated rings. The van der Waals surface area contributed by atoms with Gasteiger partial charge in [0, 0.05) is 7.11 Å². The SMILES string of the molecule is COC1CCCC=C(c2ccccc2)C1. The van der Waals surface area contributed by atoms with Crippen LogP contribution in [-0.2, 0) is 4.74 Å². The van der Waals surface area contributed by atoms with Gasteiger partial charge < -0.3 is 4.74 Å². The topological polar surface area (TPSA) is 9.23 Å². The molecule has 0 aromatic heterocycles. The van der Waals surface area contributed by atoms with E-state index in [4.69, 9.17) is 4.74 Å². The third kappa shape index (κ3) is 2.69. The van der Waals surface area contributed by atoms with Crippen molar-refractivity contribution in [3.63, 3.8) is 0 Å². The first-order valence-corrected chi connectivity index (χ1v) is 5.67. The average Bonchev–Trinajstić information content (AvgIpc) is 2.55. The molecular formula is C14H18O. The van der Waals surface area contributed by atoms with Crippen molar-refractivity contribution in [2.24, 2.45) is 0 Å². The Morgan fingerprint density at radius 2 is 2.00 bits per heavy atom. The van der Waals surface area contributed by atoms with Crippen LogP contribution in [0.5, 0.6) is 0 Å². The molecule has 1 aromatic carbocycles. The maximum absolute atomic E-state index is 5.48. The number of hydrogen-bond acceptors (Lipinski definition) is 1. The lowest BCUT2D eigenvalue weighted by molar-refractivity contribution is 0.0994. The van der Waals surface area contributed by atoms with Crippen molar-refractivity contribution in [3.8, 4) is 0 Å². The lowest BCUT2D eigenvalue weighted by Gasteiger charge is -2.14. The maximum atomic E-state index is 5.48. The van der Waals surface area contributed by atoms with Crippen molar-refractivity contribution < 1.29 is 4.74 Å². The summed E-state index contributed by atoms with van der Waals surface area (Å²) in [5.41, 5.74) is 2.79. The number of benzene rings is 1. The number of methoxy groups -OCH3 is 1. The zero-order valence-corrected chi connectivity index (χ0v) is 9.28. The zero-order chi connectivity index (χ0) is 10.5. The molecule has 80 valence electrons. The van der Waals surface area contributed by atoms with Crippen LogP contribution in [0.3, 0.4) is 0 Å². The molecule has 2 rings (SSSR count). The first-order chi connectivity index (χ1) is 7.40. The van der Waals surface area contributed by atoms with Crippen LogP contribution in [0.2, 0.25) is 0 Å². The smallest absolute Gasteiger partial charge is 0.0611 e. The molecule has 1 heteroatoms. The highest BCUT2D eigenvalue weighted by atomic mass is 16.5. The van der Waals surface area contributed by atoms with Crippen molar-refractivity contribution in [2.75, 3.05) is 7.11 Å². The minimum Gasteiger partial charge on any atom is -0.381 e. The molecule has 0 bridgehead atoms. The van der Waals surface area contributed by atoms with Crippen molar-refractivity contribution in [1.82, 2.24) is 0 Å². The predicted molar refractivity (Wildman–Crippen MR) is 63.7 cm³/mol. The Bertz CT molecular complexity index is 326. The Kier molecular flexibility index (Phi) is 3.57. The molecule has 1 aliphatic carbocycles. The molecule has 0 aliphatic heterocycles. The summed E-state index contributed by atoms with van der Waals surface area (Å²) in [5, 5.41) is 0. The second kappa shape index (κ2) is 5.13. The van der Waals surface area contributed by atoms with E-state index < -0.39 is 0 Å². The van der Waals surface area contributed by atoms with Gasteiger partial charge in [0.25, 0.3) is 0 Å². The summed E-state index contributed by atoms with van der Waals surface area (Å²) in [7, 11) is 1.82. The largest absolute Gasteiger partial charge is 0.381 e. The summed E-state index contributed by atoms with van der Waals surface area (Å²) < 4.78 is 5.48. The van der Waals surface area contributed by atoms with Crippen molar-refractivity contribution >= 4 is 5.57 Å². The third-order valence-corrected chi connectivity index (χ3v) is 3.05. The summed E-state index contributed by atoms with van der Waals surface area (Å²) in [6.45, 7) is 0. The highest BCUT2D eigenvalue weighted by molar-refractivity contribution is 5.66. The van der Waals surface area contributed by atoms with Gasteiger partial charge >= 0.3 is 0 Å². The van der Waals surface area contributed by atoms with E-state index in [-0.39, 0.29) is 0 Å². The van der Waals surface area contributed by atoms with Crippen LogP contribution in [0, 0.1) is 0 Å².